The monoisotopic (exact) mass is 287 g/mol. The first-order valence-corrected chi connectivity index (χ1v) is 8.04. The first-order valence-electron chi connectivity index (χ1n) is 8.04. The predicted molar refractivity (Wildman–Crippen MR) is 80.6 cm³/mol. The second-order valence-corrected chi connectivity index (χ2v) is 6.29. The van der Waals surface area contributed by atoms with E-state index in [-0.39, 0.29) is 5.69 Å². The van der Waals surface area contributed by atoms with Gasteiger partial charge in [0, 0.05) is 12.6 Å². The molecular weight excluding hydrogens is 266 g/mol. The number of H-pyrrole nitrogens is 1. The summed E-state index contributed by atoms with van der Waals surface area (Å²) in [6, 6.07) is 4.46. The summed E-state index contributed by atoms with van der Waals surface area (Å²) in [5, 5.41) is 10.9. The summed E-state index contributed by atoms with van der Waals surface area (Å²) in [6.07, 6.45) is 9.28. The predicted octanol–water partition coefficient (Wildman–Crippen LogP) is 1.97. The molecule has 1 saturated carbocycles. The summed E-state index contributed by atoms with van der Waals surface area (Å²) in [6.45, 7) is 1.05. The Bertz CT molecular complexity index is 685. The molecule has 0 bridgehead atoms. The van der Waals surface area contributed by atoms with E-state index in [2.05, 4.69) is 20.2 Å². The number of hydrogen-bond acceptors (Lipinski definition) is 4. The topological polar surface area (TPSA) is 66.3 Å². The lowest BCUT2D eigenvalue weighted by molar-refractivity contribution is 0.304. The molecule has 2 aromatic rings. The first-order chi connectivity index (χ1) is 10.3. The summed E-state index contributed by atoms with van der Waals surface area (Å²) in [5.74, 6) is 1.71. The van der Waals surface area contributed by atoms with Gasteiger partial charge in [0.1, 0.15) is 5.82 Å². The van der Waals surface area contributed by atoms with Crippen molar-refractivity contribution >= 4 is 11.5 Å². The summed E-state index contributed by atoms with van der Waals surface area (Å²) in [7, 11) is 0. The number of aromatic amines is 1. The Hall–Kier alpha value is -1.85. The van der Waals surface area contributed by atoms with Crippen LogP contribution in [0.25, 0.3) is 5.65 Å². The minimum Gasteiger partial charge on any atom is -0.352 e. The lowest BCUT2D eigenvalue weighted by Gasteiger charge is -2.34. The van der Waals surface area contributed by atoms with E-state index in [1.54, 1.807) is 0 Å². The Labute approximate surface area is 123 Å². The molecule has 0 aromatic carbocycles. The number of rotatable bonds is 2. The Morgan fingerprint density at radius 2 is 1.95 bits per heavy atom. The minimum absolute atomic E-state index is 0.264. The fourth-order valence-electron chi connectivity index (χ4n) is 4.03. The molecular formula is C15H21N5O. The number of hydrogen-bond donors (Lipinski definition) is 1. The number of anilines is 1. The lowest BCUT2D eigenvalue weighted by Crippen LogP contribution is -2.37. The zero-order valence-electron chi connectivity index (χ0n) is 12.2. The van der Waals surface area contributed by atoms with E-state index >= 15 is 0 Å². The van der Waals surface area contributed by atoms with Crippen LogP contribution in [0.5, 0.6) is 0 Å². The van der Waals surface area contributed by atoms with Crippen LogP contribution >= 0.6 is 0 Å². The Morgan fingerprint density at radius 1 is 1.10 bits per heavy atom. The lowest BCUT2D eigenvalue weighted by atomic mass is 9.83. The molecule has 3 heterocycles. The molecule has 1 atom stereocenters. The number of nitrogens with one attached hydrogen (secondary N) is 1. The average molecular weight is 287 g/mol. The van der Waals surface area contributed by atoms with Crippen molar-refractivity contribution in [3.8, 4) is 0 Å². The van der Waals surface area contributed by atoms with Gasteiger partial charge in [-0.3, -0.25) is 0 Å². The highest BCUT2D eigenvalue weighted by Gasteiger charge is 2.33. The summed E-state index contributed by atoms with van der Waals surface area (Å²) in [4.78, 5) is 14.1. The van der Waals surface area contributed by atoms with E-state index in [9.17, 15) is 4.79 Å². The van der Waals surface area contributed by atoms with Gasteiger partial charge in [0.15, 0.2) is 5.65 Å². The maximum absolute atomic E-state index is 11.7. The minimum atomic E-state index is -0.264. The smallest absolute Gasteiger partial charge is 0.352 e. The Balaban J connectivity index is 1.65. The van der Waals surface area contributed by atoms with Gasteiger partial charge in [0.05, 0.1) is 0 Å². The first kappa shape index (κ1) is 12.9. The third kappa shape index (κ3) is 2.22. The van der Waals surface area contributed by atoms with Gasteiger partial charge < -0.3 is 4.90 Å². The number of aromatic nitrogens is 4. The molecule has 1 unspecified atom stereocenters. The van der Waals surface area contributed by atoms with E-state index < -0.39 is 0 Å². The van der Waals surface area contributed by atoms with Gasteiger partial charge in [0.2, 0.25) is 0 Å². The average Bonchev–Trinajstić information content (AvgIpc) is 3.15. The van der Waals surface area contributed by atoms with Crippen molar-refractivity contribution in [2.24, 2.45) is 5.92 Å². The van der Waals surface area contributed by atoms with Crippen molar-refractivity contribution in [3.63, 3.8) is 0 Å². The molecule has 2 aliphatic rings. The van der Waals surface area contributed by atoms with Gasteiger partial charge in [-0.15, -0.1) is 5.10 Å². The van der Waals surface area contributed by atoms with Gasteiger partial charge in [-0.2, -0.15) is 9.61 Å². The molecule has 2 aromatic heterocycles. The van der Waals surface area contributed by atoms with E-state index in [0.717, 1.165) is 18.3 Å². The van der Waals surface area contributed by atoms with Crippen LogP contribution in [0.1, 0.15) is 44.9 Å². The largest absolute Gasteiger partial charge is 0.364 e. The van der Waals surface area contributed by atoms with Crippen LogP contribution in [0.4, 0.5) is 5.82 Å². The van der Waals surface area contributed by atoms with Crippen molar-refractivity contribution in [3.05, 3.63) is 22.6 Å². The van der Waals surface area contributed by atoms with E-state index in [1.807, 2.05) is 12.1 Å². The molecule has 1 saturated heterocycles. The van der Waals surface area contributed by atoms with Gasteiger partial charge in [-0.25, -0.2) is 9.89 Å². The fourth-order valence-corrected chi connectivity index (χ4v) is 4.03. The molecule has 6 heteroatoms. The molecule has 2 fully saturated rings. The van der Waals surface area contributed by atoms with Crippen LogP contribution in [-0.2, 0) is 0 Å². The normalized spacial score (nSPS) is 24.0. The summed E-state index contributed by atoms with van der Waals surface area (Å²) >= 11 is 0. The molecule has 0 amide bonds. The standard InChI is InChI=1S/C15H21N5O/c21-15-17-16-13-8-9-14(18-20(13)15)19-10-4-7-12(19)11-5-2-1-3-6-11/h8-9,11-12H,1-7,10H2,(H,17,21). The molecule has 4 rings (SSSR count). The van der Waals surface area contributed by atoms with Crippen LogP contribution in [-0.4, -0.2) is 32.4 Å². The van der Waals surface area contributed by atoms with Crippen LogP contribution in [0.2, 0.25) is 0 Å². The van der Waals surface area contributed by atoms with Gasteiger partial charge in [-0.05, 0) is 43.7 Å². The maximum Gasteiger partial charge on any atom is 0.364 e. The molecule has 1 aliphatic carbocycles. The molecule has 0 radical (unpaired) electrons. The van der Waals surface area contributed by atoms with E-state index in [0.29, 0.717) is 11.7 Å². The molecule has 1 N–H and O–H groups in total. The SMILES string of the molecule is O=c1[nH]nc2ccc(N3CCCC3C3CCCCC3)nn12. The Kier molecular flexibility index (Phi) is 3.16. The van der Waals surface area contributed by atoms with Crippen LogP contribution in [0.15, 0.2) is 16.9 Å². The number of fused-ring (bicyclic) bond motifs is 1. The van der Waals surface area contributed by atoms with Gasteiger partial charge in [-0.1, -0.05) is 19.3 Å². The van der Waals surface area contributed by atoms with E-state index in [4.69, 9.17) is 0 Å². The second kappa shape index (κ2) is 5.16. The van der Waals surface area contributed by atoms with Crippen LogP contribution < -0.4 is 10.6 Å². The zero-order valence-corrected chi connectivity index (χ0v) is 12.2. The van der Waals surface area contributed by atoms with Crippen molar-refractivity contribution in [1.82, 2.24) is 19.8 Å². The summed E-state index contributed by atoms with van der Waals surface area (Å²) < 4.78 is 1.37. The van der Waals surface area contributed by atoms with Gasteiger partial charge >= 0.3 is 5.69 Å². The van der Waals surface area contributed by atoms with Crippen molar-refractivity contribution in [2.45, 2.75) is 51.0 Å². The zero-order chi connectivity index (χ0) is 14.2. The third-order valence-corrected chi connectivity index (χ3v) is 5.05. The van der Waals surface area contributed by atoms with Crippen LogP contribution in [0.3, 0.4) is 0 Å². The third-order valence-electron chi connectivity index (χ3n) is 5.05. The highest BCUT2D eigenvalue weighted by molar-refractivity contribution is 5.46. The van der Waals surface area contributed by atoms with Gasteiger partial charge in [0.25, 0.3) is 0 Å². The quantitative estimate of drug-likeness (QED) is 0.917. The fraction of sp³-hybridized carbons (Fsp3) is 0.667. The maximum atomic E-state index is 11.7. The Morgan fingerprint density at radius 3 is 2.81 bits per heavy atom. The van der Waals surface area contributed by atoms with E-state index in [1.165, 1.54) is 49.5 Å². The van der Waals surface area contributed by atoms with Crippen molar-refractivity contribution < 1.29 is 0 Å². The molecule has 112 valence electrons. The number of nitrogens with zero attached hydrogens (tertiary/aromatic N) is 4. The van der Waals surface area contributed by atoms with Crippen LogP contribution in [0, 0.1) is 5.92 Å². The molecule has 0 spiro atoms. The highest BCUT2D eigenvalue weighted by atomic mass is 16.2. The van der Waals surface area contributed by atoms with Crippen molar-refractivity contribution in [1.29, 1.82) is 0 Å². The summed E-state index contributed by atoms with van der Waals surface area (Å²) in [5.41, 5.74) is 0.317. The van der Waals surface area contributed by atoms with Crippen molar-refractivity contribution in [2.75, 3.05) is 11.4 Å². The molecule has 6 nitrogen and oxygen atoms in total. The molecule has 21 heavy (non-hydrogen) atoms. The second-order valence-electron chi connectivity index (χ2n) is 6.29. The highest BCUT2D eigenvalue weighted by Crippen LogP contribution is 2.36. The molecule has 1 aliphatic heterocycles.